The van der Waals surface area contributed by atoms with Crippen LogP contribution in [0.5, 0.6) is 0 Å². The van der Waals surface area contributed by atoms with E-state index in [-0.39, 0.29) is 18.4 Å². The number of carboxylic acid groups (broad SMARTS) is 1. The van der Waals surface area contributed by atoms with Crippen molar-refractivity contribution in [2.75, 3.05) is 7.05 Å². The minimum absolute atomic E-state index is 0. The van der Waals surface area contributed by atoms with Crippen LogP contribution in [0.4, 0.5) is 0 Å². The molecule has 0 aromatic carbocycles. The summed E-state index contributed by atoms with van der Waals surface area (Å²) < 4.78 is 0. The number of hydrogen-bond donors (Lipinski definition) is 2. The summed E-state index contributed by atoms with van der Waals surface area (Å²) in [6, 6.07) is 0.446. The number of fused-ring (bicyclic) bond motifs is 2. The van der Waals surface area contributed by atoms with Crippen molar-refractivity contribution < 1.29 is 15.0 Å². The summed E-state index contributed by atoms with van der Waals surface area (Å²) in [6.45, 7) is 0. The van der Waals surface area contributed by atoms with E-state index in [0.29, 0.717) is 12.5 Å². The van der Waals surface area contributed by atoms with Gasteiger partial charge in [-0.2, -0.15) is 0 Å². The average molecular weight is 222 g/mol. The first-order valence-corrected chi connectivity index (χ1v) is 4.74. The van der Waals surface area contributed by atoms with Gasteiger partial charge in [-0.25, -0.2) is 0 Å². The van der Waals surface area contributed by atoms with Crippen molar-refractivity contribution in [2.24, 2.45) is 5.92 Å². The van der Waals surface area contributed by atoms with Crippen LogP contribution in [-0.2, 0) is 4.79 Å². The van der Waals surface area contributed by atoms with Gasteiger partial charge in [-0.1, -0.05) is 0 Å². The summed E-state index contributed by atoms with van der Waals surface area (Å²) in [4.78, 5) is 13.0. The summed E-state index contributed by atoms with van der Waals surface area (Å²) in [5.74, 6) is -1.44. The highest BCUT2D eigenvalue weighted by atomic mass is 35.5. The molecule has 5 heteroatoms. The van der Waals surface area contributed by atoms with Gasteiger partial charge in [0.05, 0.1) is 12.0 Å². The number of carbonyl (C=O) groups is 1. The Labute approximate surface area is 89.3 Å². The molecule has 2 heterocycles. The predicted molar refractivity (Wildman–Crippen MR) is 53.6 cm³/mol. The van der Waals surface area contributed by atoms with E-state index in [1.165, 1.54) is 0 Å². The molecule has 0 amide bonds. The first-order chi connectivity index (χ1) is 6.11. The van der Waals surface area contributed by atoms with E-state index in [0.717, 1.165) is 12.8 Å². The van der Waals surface area contributed by atoms with Crippen LogP contribution >= 0.6 is 12.4 Å². The third kappa shape index (κ3) is 1.62. The molecule has 2 N–H and O–H groups in total. The van der Waals surface area contributed by atoms with Gasteiger partial charge in [0.25, 0.3) is 0 Å². The van der Waals surface area contributed by atoms with Gasteiger partial charge in [0.15, 0.2) is 0 Å². The number of piperidine rings is 1. The summed E-state index contributed by atoms with van der Waals surface area (Å²) in [6.07, 6.45) is 1.91. The maximum atomic E-state index is 10.9. The van der Waals surface area contributed by atoms with Crippen LogP contribution in [0.1, 0.15) is 19.3 Å². The predicted octanol–water partition coefficient (Wildman–Crippen LogP) is 0.336. The van der Waals surface area contributed by atoms with E-state index in [2.05, 4.69) is 4.90 Å². The highest BCUT2D eigenvalue weighted by Gasteiger charge is 2.48. The van der Waals surface area contributed by atoms with Crippen molar-refractivity contribution >= 4 is 18.4 Å². The summed E-state index contributed by atoms with van der Waals surface area (Å²) in [5, 5.41) is 18.6. The van der Waals surface area contributed by atoms with E-state index in [4.69, 9.17) is 5.11 Å². The molecule has 0 unspecified atom stereocenters. The van der Waals surface area contributed by atoms with E-state index in [1.54, 1.807) is 0 Å². The number of carboxylic acids is 1. The van der Waals surface area contributed by atoms with Crippen molar-refractivity contribution in [3.63, 3.8) is 0 Å². The molecule has 2 bridgehead atoms. The normalized spacial score (nSPS) is 41.9. The van der Waals surface area contributed by atoms with Gasteiger partial charge in [0.1, 0.15) is 0 Å². The largest absolute Gasteiger partial charge is 0.481 e. The molecule has 0 aliphatic carbocycles. The van der Waals surface area contributed by atoms with Gasteiger partial charge in [0, 0.05) is 12.1 Å². The van der Waals surface area contributed by atoms with Crippen molar-refractivity contribution in [2.45, 2.75) is 37.5 Å². The topological polar surface area (TPSA) is 60.8 Å². The van der Waals surface area contributed by atoms with E-state index in [1.807, 2.05) is 7.05 Å². The van der Waals surface area contributed by atoms with Crippen LogP contribution in [0.25, 0.3) is 0 Å². The molecule has 0 aromatic rings. The van der Waals surface area contributed by atoms with Crippen LogP contribution < -0.4 is 0 Å². The molecule has 4 atom stereocenters. The molecule has 2 fully saturated rings. The molecule has 14 heavy (non-hydrogen) atoms. The Kier molecular flexibility index (Phi) is 3.40. The molecule has 0 spiro atoms. The van der Waals surface area contributed by atoms with Gasteiger partial charge >= 0.3 is 5.97 Å². The monoisotopic (exact) mass is 221 g/mol. The Hall–Kier alpha value is -0.320. The number of nitrogens with zero attached hydrogens (tertiary/aromatic N) is 1. The third-order valence-electron chi connectivity index (χ3n) is 3.52. The lowest BCUT2D eigenvalue weighted by atomic mass is 9.88. The summed E-state index contributed by atoms with van der Waals surface area (Å²) >= 11 is 0. The van der Waals surface area contributed by atoms with Gasteiger partial charge in [-0.05, 0) is 26.3 Å². The molecule has 2 aliphatic heterocycles. The molecule has 0 aromatic heterocycles. The Morgan fingerprint density at radius 3 is 2.64 bits per heavy atom. The third-order valence-corrected chi connectivity index (χ3v) is 3.52. The number of hydrogen-bond acceptors (Lipinski definition) is 3. The van der Waals surface area contributed by atoms with Crippen molar-refractivity contribution in [1.82, 2.24) is 4.90 Å². The summed E-state index contributed by atoms with van der Waals surface area (Å²) in [5.41, 5.74) is 0. The zero-order valence-corrected chi connectivity index (χ0v) is 8.91. The zero-order chi connectivity index (χ0) is 9.59. The first kappa shape index (κ1) is 11.8. The zero-order valence-electron chi connectivity index (χ0n) is 8.09. The van der Waals surface area contributed by atoms with E-state index < -0.39 is 18.0 Å². The average Bonchev–Trinajstić information content (AvgIpc) is 2.34. The standard InChI is InChI=1S/C9H15NO3.ClH/c1-10-5-2-3-6(10)8(9(12)13)7(11)4-5;/h5-8,11H,2-4H2,1H3,(H,12,13);1H/t5-,6-,7+,8-;/m1./s1. The van der Waals surface area contributed by atoms with Crippen LogP contribution in [0.15, 0.2) is 0 Å². The maximum absolute atomic E-state index is 10.9. The molecule has 82 valence electrons. The van der Waals surface area contributed by atoms with Crippen molar-refractivity contribution in [1.29, 1.82) is 0 Å². The number of halogens is 1. The van der Waals surface area contributed by atoms with Crippen molar-refractivity contribution in [3.05, 3.63) is 0 Å². The van der Waals surface area contributed by atoms with Gasteiger partial charge in [-0.3, -0.25) is 9.69 Å². The molecule has 2 rings (SSSR count). The van der Waals surface area contributed by atoms with Crippen LogP contribution in [0.3, 0.4) is 0 Å². The molecular formula is C9H16ClNO3. The fraction of sp³-hybridized carbons (Fsp3) is 0.889. The Morgan fingerprint density at radius 2 is 2.07 bits per heavy atom. The Morgan fingerprint density at radius 1 is 1.43 bits per heavy atom. The first-order valence-electron chi connectivity index (χ1n) is 4.74. The van der Waals surface area contributed by atoms with Crippen LogP contribution in [0, 0.1) is 5.92 Å². The molecule has 0 radical (unpaired) electrons. The number of aliphatic carboxylic acids is 1. The highest BCUT2D eigenvalue weighted by Crippen LogP contribution is 2.38. The summed E-state index contributed by atoms with van der Waals surface area (Å²) in [7, 11) is 1.96. The van der Waals surface area contributed by atoms with Gasteiger partial charge < -0.3 is 10.2 Å². The minimum Gasteiger partial charge on any atom is -0.481 e. The van der Waals surface area contributed by atoms with Crippen LogP contribution in [0.2, 0.25) is 0 Å². The second-order valence-corrected chi connectivity index (χ2v) is 4.13. The molecular weight excluding hydrogens is 206 g/mol. The number of rotatable bonds is 1. The lowest BCUT2D eigenvalue weighted by Gasteiger charge is -2.38. The molecule has 4 nitrogen and oxygen atoms in total. The number of aliphatic hydroxyl groups excluding tert-OH is 1. The maximum Gasteiger partial charge on any atom is 0.310 e. The Balaban J connectivity index is 0.000000980. The number of aliphatic hydroxyl groups is 1. The highest BCUT2D eigenvalue weighted by molar-refractivity contribution is 5.85. The molecule has 2 saturated heterocycles. The fourth-order valence-corrected chi connectivity index (χ4v) is 2.77. The Bertz CT molecular complexity index is 236. The smallest absolute Gasteiger partial charge is 0.310 e. The van der Waals surface area contributed by atoms with Crippen LogP contribution in [-0.4, -0.2) is 46.3 Å². The minimum atomic E-state index is -0.857. The van der Waals surface area contributed by atoms with Crippen molar-refractivity contribution in [3.8, 4) is 0 Å². The molecule has 0 saturated carbocycles. The second-order valence-electron chi connectivity index (χ2n) is 4.13. The SMILES string of the molecule is CN1[C@@H]2CC[C@@H]1[C@@H](C(=O)O)[C@@H](O)C2.Cl. The fourth-order valence-electron chi connectivity index (χ4n) is 2.77. The lowest BCUT2D eigenvalue weighted by Crippen LogP contribution is -2.51. The quantitative estimate of drug-likeness (QED) is 0.670. The van der Waals surface area contributed by atoms with Gasteiger partial charge in [-0.15, -0.1) is 12.4 Å². The second kappa shape index (κ2) is 4.04. The van der Waals surface area contributed by atoms with E-state index >= 15 is 0 Å². The van der Waals surface area contributed by atoms with E-state index in [9.17, 15) is 9.90 Å². The lowest BCUT2D eigenvalue weighted by molar-refractivity contribution is -0.151. The molecule has 2 aliphatic rings. The van der Waals surface area contributed by atoms with Gasteiger partial charge in [0.2, 0.25) is 0 Å².